The number of hydrogen-bond donors (Lipinski definition) is 2. The van der Waals surface area contributed by atoms with Gasteiger partial charge in [-0.25, -0.2) is 9.67 Å². The average molecular weight is 427 g/mol. The van der Waals surface area contributed by atoms with E-state index in [2.05, 4.69) is 25.9 Å². The molecule has 1 saturated heterocycles. The lowest BCUT2D eigenvalue weighted by Gasteiger charge is -2.30. The van der Waals surface area contributed by atoms with Crippen LogP contribution in [-0.2, 0) is 6.18 Å². The Morgan fingerprint density at radius 2 is 2.07 bits per heavy atom. The van der Waals surface area contributed by atoms with Crippen LogP contribution < -0.4 is 10.6 Å². The summed E-state index contributed by atoms with van der Waals surface area (Å²) in [5, 5.41) is 13.7. The van der Waals surface area contributed by atoms with Gasteiger partial charge in [-0.15, -0.1) is 29.9 Å². The molecule has 0 spiro atoms. The molecule has 2 atom stereocenters. The molecule has 2 aromatic rings. The fourth-order valence-corrected chi connectivity index (χ4v) is 2.65. The van der Waals surface area contributed by atoms with E-state index in [1.54, 1.807) is 0 Å². The summed E-state index contributed by atoms with van der Waals surface area (Å²) < 4.78 is 38.8. The Morgan fingerprint density at radius 1 is 1.33 bits per heavy atom. The van der Waals surface area contributed by atoms with Gasteiger partial charge in [0.25, 0.3) is 5.91 Å². The highest BCUT2D eigenvalue weighted by atomic mass is 35.5. The van der Waals surface area contributed by atoms with Crippen molar-refractivity contribution in [2.75, 3.05) is 6.54 Å². The zero-order valence-corrected chi connectivity index (χ0v) is 15.9. The van der Waals surface area contributed by atoms with Gasteiger partial charge in [0, 0.05) is 18.3 Å². The van der Waals surface area contributed by atoms with Gasteiger partial charge in [0.05, 0.1) is 11.8 Å². The lowest BCUT2D eigenvalue weighted by molar-refractivity contribution is -0.137. The van der Waals surface area contributed by atoms with Gasteiger partial charge in [0.2, 0.25) is 0 Å². The fraction of sp³-hybridized carbons (Fsp3) is 0.467. The van der Waals surface area contributed by atoms with Crippen molar-refractivity contribution in [1.82, 2.24) is 30.6 Å². The van der Waals surface area contributed by atoms with Crippen LogP contribution in [0.15, 0.2) is 24.5 Å². The molecule has 150 valence electrons. The second-order valence-corrected chi connectivity index (χ2v) is 5.92. The number of piperidine rings is 1. The highest BCUT2D eigenvalue weighted by Crippen LogP contribution is 2.28. The average Bonchev–Trinajstić information content (AvgIpc) is 3.06. The van der Waals surface area contributed by atoms with E-state index in [4.69, 9.17) is 0 Å². The van der Waals surface area contributed by atoms with E-state index >= 15 is 0 Å². The number of hydrogen-bond acceptors (Lipinski definition) is 5. The van der Waals surface area contributed by atoms with Crippen molar-refractivity contribution in [3.05, 3.63) is 35.8 Å². The topological polar surface area (TPSA) is 84.7 Å². The van der Waals surface area contributed by atoms with Gasteiger partial charge >= 0.3 is 6.18 Å². The molecule has 2 aromatic heterocycles. The SMILES string of the molecule is CC1NCCCC1NC(=O)c1cn(-c2ccc(C(F)(F)F)cn2)nn1.Cl.Cl. The Balaban J connectivity index is 0.00000182. The monoisotopic (exact) mass is 426 g/mol. The minimum absolute atomic E-state index is 0. The molecule has 0 saturated carbocycles. The van der Waals surface area contributed by atoms with Crippen LogP contribution in [0.25, 0.3) is 5.82 Å². The number of carbonyl (C=O) groups is 1. The van der Waals surface area contributed by atoms with Gasteiger partial charge in [0.1, 0.15) is 0 Å². The number of rotatable bonds is 3. The normalized spacial score (nSPS) is 19.6. The van der Waals surface area contributed by atoms with E-state index in [9.17, 15) is 18.0 Å². The minimum Gasteiger partial charge on any atom is -0.346 e. The van der Waals surface area contributed by atoms with Crippen LogP contribution in [0.1, 0.15) is 35.8 Å². The lowest BCUT2D eigenvalue weighted by atomic mass is 10.00. The van der Waals surface area contributed by atoms with Crippen LogP contribution in [0, 0.1) is 0 Å². The number of carbonyl (C=O) groups excluding carboxylic acids is 1. The molecule has 1 aliphatic rings. The second-order valence-electron chi connectivity index (χ2n) is 5.92. The lowest BCUT2D eigenvalue weighted by Crippen LogP contribution is -2.51. The number of nitrogens with zero attached hydrogens (tertiary/aromatic N) is 4. The number of pyridine rings is 1. The molecule has 0 aliphatic carbocycles. The summed E-state index contributed by atoms with van der Waals surface area (Å²) in [5.41, 5.74) is -0.771. The first-order valence-electron chi connectivity index (χ1n) is 7.85. The molecular weight excluding hydrogens is 408 g/mol. The van der Waals surface area contributed by atoms with Crippen LogP contribution in [0.2, 0.25) is 0 Å². The maximum atomic E-state index is 12.6. The molecule has 2 unspecified atom stereocenters. The number of amides is 1. The molecule has 0 bridgehead atoms. The van der Waals surface area contributed by atoms with E-state index in [0.717, 1.165) is 30.1 Å². The number of nitrogens with one attached hydrogen (secondary N) is 2. The summed E-state index contributed by atoms with van der Waals surface area (Å²) in [6, 6.07) is 2.23. The van der Waals surface area contributed by atoms with E-state index < -0.39 is 11.7 Å². The van der Waals surface area contributed by atoms with Crippen molar-refractivity contribution in [1.29, 1.82) is 0 Å². The Hall–Kier alpha value is -1.91. The molecule has 27 heavy (non-hydrogen) atoms. The fourth-order valence-electron chi connectivity index (χ4n) is 2.65. The molecule has 1 fully saturated rings. The van der Waals surface area contributed by atoms with Crippen molar-refractivity contribution < 1.29 is 18.0 Å². The molecule has 1 aliphatic heterocycles. The predicted molar refractivity (Wildman–Crippen MR) is 96.6 cm³/mol. The number of aromatic nitrogens is 4. The first-order chi connectivity index (χ1) is 11.8. The van der Waals surface area contributed by atoms with E-state index in [1.807, 2.05) is 6.92 Å². The Labute approximate surface area is 165 Å². The summed E-state index contributed by atoms with van der Waals surface area (Å²) in [4.78, 5) is 16.0. The van der Waals surface area contributed by atoms with Crippen LogP contribution in [-0.4, -0.2) is 44.5 Å². The Morgan fingerprint density at radius 3 is 2.67 bits per heavy atom. The van der Waals surface area contributed by atoms with Crippen LogP contribution in [0.4, 0.5) is 13.2 Å². The van der Waals surface area contributed by atoms with Gasteiger partial charge in [-0.1, -0.05) is 5.21 Å². The first kappa shape index (κ1) is 23.1. The molecule has 1 amide bonds. The third-order valence-electron chi connectivity index (χ3n) is 4.11. The summed E-state index contributed by atoms with van der Waals surface area (Å²) in [6.45, 7) is 2.91. The third kappa shape index (κ3) is 5.53. The minimum atomic E-state index is -4.45. The zero-order chi connectivity index (χ0) is 18.0. The third-order valence-corrected chi connectivity index (χ3v) is 4.11. The quantitative estimate of drug-likeness (QED) is 0.786. The van der Waals surface area contributed by atoms with Crippen molar-refractivity contribution in [2.24, 2.45) is 0 Å². The summed E-state index contributed by atoms with van der Waals surface area (Å²) >= 11 is 0. The Kier molecular flexibility index (Phi) is 8.00. The van der Waals surface area contributed by atoms with E-state index in [1.165, 1.54) is 12.3 Å². The van der Waals surface area contributed by atoms with Crippen LogP contribution in [0.5, 0.6) is 0 Å². The first-order valence-corrected chi connectivity index (χ1v) is 7.85. The summed E-state index contributed by atoms with van der Waals surface area (Å²) in [7, 11) is 0. The Bertz CT molecular complexity index is 753. The molecule has 3 rings (SSSR count). The van der Waals surface area contributed by atoms with E-state index in [-0.39, 0.29) is 54.3 Å². The molecule has 7 nitrogen and oxygen atoms in total. The number of alkyl halides is 3. The van der Waals surface area contributed by atoms with Crippen molar-refractivity contribution in [2.45, 2.75) is 38.0 Å². The van der Waals surface area contributed by atoms with E-state index in [0.29, 0.717) is 6.20 Å². The largest absolute Gasteiger partial charge is 0.417 e. The van der Waals surface area contributed by atoms with Crippen molar-refractivity contribution >= 4 is 30.7 Å². The highest BCUT2D eigenvalue weighted by Gasteiger charge is 2.31. The van der Waals surface area contributed by atoms with Crippen LogP contribution in [0.3, 0.4) is 0 Å². The predicted octanol–water partition coefficient (Wildman–Crippen LogP) is 2.40. The standard InChI is InChI=1S/C15H17F3N6O.2ClH/c1-9-11(3-2-6-19-9)21-14(25)12-8-24(23-22-12)13-5-4-10(7-20-13)15(16,17)18;;/h4-5,7-9,11,19H,2-3,6H2,1H3,(H,21,25);2*1H. The van der Waals surface area contributed by atoms with Crippen molar-refractivity contribution in [3.8, 4) is 5.82 Å². The van der Waals surface area contributed by atoms with Gasteiger partial charge in [0.15, 0.2) is 11.5 Å². The smallest absolute Gasteiger partial charge is 0.346 e. The van der Waals surface area contributed by atoms with Gasteiger partial charge in [-0.2, -0.15) is 13.2 Å². The van der Waals surface area contributed by atoms with Gasteiger partial charge in [-0.3, -0.25) is 4.79 Å². The summed E-state index contributed by atoms with van der Waals surface area (Å²) in [5.74, 6) is -0.231. The molecule has 12 heteroatoms. The maximum Gasteiger partial charge on any atom is 0.417 e. The molecule has 3 heterocycles. The van der Waals surface area contributed by atoms with Gasteiger partial charge in [-0.05, 0) is 38.4 Å². The molecule has 0 aromatic carbocycles. The molecular formula is C15H19Cl2F3N6O. The second kappa shape index (κ2) is 9.34. The highest BCUT2D eigenvalue weighted by molar-refractivity contribution is 5.92. The maximum absolute atomic E-state index is 12.6. The summed E-state index contributed by atoms with van der Waals surface area (Å²) in [6.07, 6.45) is -0.562. The molecule has 0 radical (unpaired) electrons. The molecule has 2 N–H and O–H groups in total. The number of halogens is 5. The zero-order valence-electron chi connectivity index (χ0n) is 14.2. The van der Waals surface area contributed by atoms with Crippen molar-refractivity contribution in [3.63, 3.8) is 0 Å². The van der Waals surface area contributed by atoms with Gasteiger partial charge < -0.3 is 10.6 Å². The van der Waals surface area contributed by atoms with Crippen LogP contribution >= 0.6 is 24.8 Å².